The van der Waals surface area contributed by atoms with E-state index in [-0.39, 0.29) is 18.3 Å². The minimum Gasteiger partial charge on any atom is -0.361 e. The number of fused-ring (bicyclic) bond motifs is 1. The molecule has 0 spiro atoms. The molecule has 1 amide bonds. The Balaban J connectivity index is 0.00000169. The molecule has 0 radical (unpaired) electrons. The van der Waals surface area contributed by atoms with Crippen molar-refractivity contribution in [2.75, 3.05) is 31.1 Å². The first kappa shape index (κ1) is 17.1. The highest BCUT2D eigenvalue weighted by Gasteiger charge is 2.24. The summed E-state index contributed by atoms with van der Waals surface area (Å²) in [6, 6.07) is 11.8. The smallest absolute Gasteiger partial charge is 0.254 e. The molecule has 4 rings (SSSR count). The summed E-state index contributed by atoms with van der Waals surface area (Å²) in [7, 11) is 0. The Bertz CT molecular complexity index is 852. The zero-order valence-corrected chi connectivity index (χ0v) is 15.3. The second-order valence-corrected chi connectivity index (χ2v) is 7.30. The summed E-state index contributed by atoms with van der Waals surface area (Å²) in [5.41, 5.74) is 1.78. The summed E-state index contributed by atoms with van der Waals surface area (Å²) < 4.78 is 0.803. The first-order chi connectivity index (χ1) is 11.2. The molecule has 0 bridgehead atoms. The number of hydrogen-bond acceptors (Lipinski definition) is 3. The van der Waals surface area contributed by atoms with Crippen molar-refractivity contribution in [3.8, 4) is 0 Å². The van der Waals surface area contributed by atoms with Gasteiger partial charge in [-0.25, -0.2) is 0 Å². The first-order valence-corrected chi connectivity index (χ1v) is 8.77. The number of anilines is 1. The monoisotopic (exact) mass is 381 g/mol. The molecular weight excluding hydrogens is 365 g/mol. The van der Waals surface area contributed by atoms with E-state index in [4.69, 9.17) is 11.6 Å². The van der Waals surface area contributed by atoms with Crippen LogP contribution in [0.2, 0.25) is 4.34 Å². The Hall–Kier alpha value is -1.69. The normalized spacial score (nSPS) is 14.7. The van der Waals surface area contributed by atoms with E-state index in [2.05, 4.69) is 9.88 Å². The molecule has 0 unspecified atom stereocenters. The predicted molar refractivity (Wildman–Crippen MR) is 103 cm³/mol. The van der Waals surface area contributed by atoms with Crippen molar-refractivity contribution in [3.05, 3.63) is 52.5 Å². The SMILES string of the molecule is Cl.O=C(c1cccc2[nH]ccc12)N1CCN(c2ccc(Cl)s2)CC1. The molecule has 24 heavy (non-hydrogen) atoms. The van der Waals surface area contributed by atoms with Crippen molar-refractivity contribution in [1.29, 1.82) is 0 Å². The number of benzene rings is 1. The number of halogens is 2. The highest BCUT2D eigenvalue weighted by atomic mass is 35.5. The third kappa shape index (κ3) is 3.11. The van der Waals surface area contributed by atoms with E-state index in [1.165, 1.54) is 5.00 Å². The molecule has 2 aromatic heterocycles. The molecule has 1 fully saturated rings. The van der Waals surface area contributed by atoms with Crippen LogP contribution in [0.4, 0.5) is 5.00 Å². The van der Waals surface area contributed by atoms with E-state index in [1.807, 2.05) is 47.5 Å². The molecule has 3 aromatic rings. The van der Waals surface area contributed by atoms with Gasteiger partial charge in [-0.05, 0) is 30.3 Å². The van der Waals surface area contributed by atoms with Crippen molar-refractivity contribution in [2.24, 2.45) is 0 Å². The van der Waals surface area contributed by atoms with Crippen molar-refractivity contribution in [1.82, 2.24) is 9.88 Å². The van der Waals surface area contributed by atoms with Gasteiger partial charge in [0, 0.05) is 48.8 Å². The zero-order chi connectivity index (χ0) is 15.8. The van der Waals surface area contributed by atoms with Gasteiger partial charge in [-0.1, -0.05) is 17.7 Å². The number of aromatic amines is 1. The van der Waals surface area contributed by atoms with Crippen LogP contribution in [0, 0.1) is 0 Å². The number of amides is 1. The summed E-state index contributed by atoms with van der Waals surface area (Å²) >= 11 is 7.59. The number of nitrogens with zero attached hydrogens (tertiary/aromatic N) is 2. The van der Waals surface area contributed by atoms with E-state index in [9.17, 15) is 4.79 Å². The van der Waals surface area contributed by atoms with Gasteiger partial charge in [-0.2, -0.15) is 0 Å². The van der Waals surface area contributed by atoms with Gasteiger partial charge >= 0.3 is 0 Å². The van der Waals surface area contributed by atoms with E-state index in [0.717, 1.165) is 47.0 Å². The van der Waals surface area contributed by atoms with Gasteiger partial charge in [0.2, 0.25) is 0 Å². The number of piperazine rings is 1. The average Bonchev–Trinajstić information content (AvgIpc) is 3.22. The summed E-state index contributed by atoms with van der Waals surface area (Å²) in [5, 5.41) is 2.17. The third-order valence-electron chi connectivity index (χ3n) is 4.26. The molecule has 0 aliphatic carbocycles. The maximum Gasteiger partial charge on any atom is 0.254 e. The van der Waals surface area contributed by atoms with Crippen LogP contribution < -0.4 is 4.90 Å². The Morgan fingerprint density at radius 1 is 1.08 bits per heavy atom. The van der Waals surface area contributed by atoms with Crippen molar-refractivity contribution in [2.45, 2.75) is 0 Å². The Labute approximate surface area is 155 Å². The summed E-state index contributed by atoms with van der Waals surface area (Å²) in [4.78, 5) is 20.2. The lowest BCUT2D eigenvalue weighted by Crippen LogP contribution is -2.48. The van der Waals surface area contributed by atoms with Crippen molar-refractivity contribution >= 4 is 57.2 Å². The van der Waals surface area contributed by atoms with E-state index >= 15 is 0 Å². The predicted octanol–water partition coefficient (Wildman–Crippen LogP) is 4.27. The molecular formula is C17H17Cl2N3OS. The van der Waals surface area contributed by atoms with Crippen LogP contribution in [0.25, 0.3) is 10.9 Å². The minimum atomic E-state index is 0. The molecule has 3 heterocycles. The number of thiophene rings is 1. The van der Waals surface area contributed by atoms with E-state index < -0.39 is 0 Å². The number of H-pyrrole nitrogens is 1. The molecule has 0 saturated carbocycles. The van der Waals surface area contributed by atoms with Crippen molar-refractivity contribution < 1.29 is 4.79 Å². The molecule has 1 aliphatic heterocycles. The number of carbonyl (C=O) groups excluding carboxylic acids is 1. The van der Waals surface area contributed by atoms with Crippen LogP contribution in [-0.2, 0) is 0 Å². The molecule has 126 valence electrons. The van der Waals surface area contributed by atoms with Crippen LogP contribution in [0.3, 0.4) is 0 Å². The molecule has 1 saturated heterocycles. The van der Waals surface area contributed by atoms with Crippen LogP contribution in [0.5, 0.6) is 0 Å². The van der Waals surface area contributed by atoms with Gasteiger partial charge in [-0.15, -0.1) is 23.7 Å². The van der Waals surface area contributed by atoms with Gasteiger partial charge < -0.3 is 14.8 Å². The Kier molecular flexibility index (Phi) is 5.04. The van der Waals surface area contributed by atoms with E-state index in [0.29, 0.717) is 0 Å². The quantitative estimate of drug-likeness (QED) is 0.719. The summed E-state index contributed by atoms with van der Waals surface area (Å²) in [6.07, 6.45) is 1.87. The average molecular weight is 382 g/mol. The molecule has 7 heteroatoms. The van der Waals surface area contributed by atoms with Crippen LogP contribution >= 0.6 is 35.3 Å². The lowest BCUT2D eigenvalue weighted by Gasteiger charge is -2.35. The number of hydrogen-bond donors (Lipinski definition) is 1. The Morgan fingerprint density at radius 3 is 2.58 bits per heavy atom. The first-order valence-electron chi connectivity index (χ1n) is 7.58. The molecule has 1 aromatic carbocycles. The summed E-state index contributed by atoms with van der Waals surface area (Å²) in [5.74, 6) is 0.110. The topological polar surface area (TPSA) is 39.3 Å². The van der Waals surface area contributed by atoms with Gasteiger partial charge in [0.15, 0.2) is 0 Å². The minimum absolute atomic E-state index is 0. The fraction of sp³-hybridized carbons (Fsp3) is 0.235. The van der Waals surface area contributed by atoms with Crippen LogP contribution in [0.15, 0.2) is 42.6 Å². The standard InChI is InChI=1S/C17H16ClN3OS.ClH/c18-15-4-5-16(23-15)20-8-10-21(11-9-20)17(22)13-2-1-3-14-12(13)6-7-19-14;/h1-7,19H,8-11H2;1H. The molecule has 4 nitrogen and oxygen atoms in total. The number of carbonyl (C=O) groups is 1. The highest BCUT2D eigenvalue weighted by Crippen LogP contribution is 2.30. The van der Waals surface area contributed by atoms with Crippen LogP contribution in [0.1, 0.15) is 10.4 Å². The number of nitrogens with one attached hydrogen (secondary N) is 1. The number of rotatable bonds is 2. The largest absolute Gasteiger partial charge is 0.361 e. The van der Waals surface area contributed by atoms with E-state index in [1.54, 1.807) is 11.3 Å². The van der Waals surface area contributed by atoms with Crippen molar-refractivity contribution in [3.63, 3.8) is 0 Å². The third-order valence-corrected chi connectivity index (χ3v) is 5.55. The summed E-state index contributed by atoms with van der Waals surface area (Å²) in [6.45, 7) is 3.14. The Morgan fingerprint density at radius 2 is 1.88 bits per heavy atom. The zero-order valence-electron chi connectivity index (χ0n) is 12.9. The van der Waals surface area contributed by atoms with Gasteiger partial charge in [0.05, 0.1) is 9.34 Å². The lowest BCUT2D eigenvalue weighted by molar-refractivity contribution is 0.0749. The fourth-order valence-electron chi connectivity index (χ4n) is 3.05. The second-order valence-electron chi connectivity index (χ2n) is 5.60. The molecule has 1 aliphatic rings. The number of aromatic nitrogens is 1. The van der Waals surface area contributed by atoms with Crippen LogP contribution in [-0.4, -0.2) is 42.0 Å². The fourth-order valence-corrected chi connectivity index (χ4v) is 4.13. The van der Waals surface area contributed by atoms with Gasteiger partial charge in [0.25, 0.3) is 5.91 Å². The molecule has 1 N–H and O–H groups in total. The highest BCUT2D eigenvalue weighted by molar-refractivity contribution is 7.19. The maximum atomic E-state index is 12.8. The second kappa shape index (κ2) is 7.05. The maximum absolute atomic E-state index is 12.8. The molecule has 0 atom stereocenters. The van der Waals surface area contributed by atoms with Gasteiger partial charge in [0.1, 0.15) is 0 Å². The van der Waals surface area contributed by atoms with Gasteiger partial charge in [-0.3, -0.25) is 4.79 Å². The lowest BCUT2D eigenvalue weighted by atomic mass is 10.1.